The second-order valence-electron chi connectivity index (χ2n) is 6.50. The Kier molecular flexibility index (Phi) is 5.56. The fourth-order valence-electron chi connectivity index (χ4n) is 3.01. The predicted octanol–water partition coefficient (Wildman–Crippen LogP) is 2.52. The third kappa shape index (κ3) is 4.60. The van der Waals surface area contributed by atoms with Crippen LogP contribution in [0.2, 0.25) is 5.02 Å². The van der Waals surface area contributed by atoms with Crippen molar-refractivity contribution in [3.8, 4) is 0 Å². The summed E-state index contributed by atoms with van der Waals surface area (Å²) in [4.78, 5) is 1.63. The van der Waals surface area contributed by atoms with E-state index < -0.39 is 0 Å². The first-order valence-electron chi connectivity index (χ1n) is 8.46. The molecule has 1 aliphatic rings. The van der Waals surface area contributed by atoms with Crippen LogP contribution < -0.4 is 10.3 Å². The highest BCUT2D eigenvalue weighted by molar-refractivity contribution is 6.30. The lowest BCUT2D eigenvalue weighted by Crippen LogP contribution is -3.13. The van der Waals surface area contributed by atoms with E-state index in [0.29, 0.717) is 0 Å². The largest absolute Gasteiger partial charge is 0.329 e. The molecule has 2 N–H and O–H groups in total. The monoisotopic (exact) mass is 342 g/mol. The molecule has 0 radical (unpaired) electrons. The van der Waals surface area contributed by atoms with E-state index in [9.17, 15) is 0 Å². The molecule has 2 aromatic rings. The molecule has 24 heavy (non-hydrogen) atoms. The van der Waals surface area contributed by atoms with E-state index in [1.807, 2.05) is 24.3 Å². The SMILES string of the molecule is C=C(NN1CC[NH+](Cc2ccc(C)cc2)CC1)c1ccc(Cl)cc1. The molecular formula is C20H25ClN3+. The quantitative estimate of drug-likeness (QED) is 0.870. The number of hydrazine groups is 1. The van der Waals surface area contributed by atoms with Crippen molar-refractivity contribution in [2.24, 2.45) is 0 Å². The zero-order valence-electron chi connectivity index (χ0n) is 14.2. The average Bonchev–Trinajstić information content (AvgIpc) is 2.59. The van der Waals surface area contributed by atoms with Gasteiger partial charge in [-0.3, -0.25) is 0 Å². The van der Waals surface area contributed by atoms with Gasteiger partial charge in [-0.1, -0.05) is 60.1 Å². The van der Waals surface area contributed by atoms with E-state index >= 15 is 0 Å². The molecule has 4 heteroatoms. The molecule has 1 saturated heterocycles. The molecule has 3 rings (SSSR count). The van der Waals surface area contributed by atoms with Crippen LogP contribution in [0.3, 0.4) is 0 Å². The van der Waals surface area contributed by atoms with Crippen molar-refractivity contribution in [3.63, 3.8) is 0 Å². The first kappa shape index (κ1) is 17.0. The number of aryl methyl sites for hydroxylation is 1. The van der Waals surface area contributed by atoms with Gasteiger partial charge in [0.25, 0.3) is 0 Å². The van der Waals surface area contributed by atoms with Crippen molar-refractivity contribution in [1.29, 1.82) is 0 Å². The molecule has 2 aromatic carbocycles. The second kappa shape index (κ2) is 7.84. The van der Waals surface area contributed by atoms with Gasteiger partial charge in [0.05, 0.1) is 26.2 Å². The first-order chi connectivity index (χ1) is 11.6. The smallest absolute Gasteiger partial charge is 0.103 e. The van der Waals surface area contributed by atoms with Gasteiger partial charge in [0.1, 0.15) is 6.54 Å². The van der Waals surface area contributed by atoms with E-state index in [-0.39, 0.29) is 0 Å². The fourth-order valence-corrected chi connectivity index (χ4v) is 3.14. The maximum absolute atomic E-state index is 5.94. The van der Waals surface area contributed by atoms with Gasteiger partial charge in [-0.05, 0) is 24.6 Å². The van der Waals surface area contributed by atoms with Crippen LogP contribution in [0.1, 0.15) is 16.7 Å². The molecule has 0 amide bonds. The van der Waals surface area contributed by atoms with Gasteiger partial charge in [0.15, 0.2) is 0 Å². The van der Waals surface area contributed by atoms with Crippen molar-refractivity contribution < 1.29 is 4.90 Å². The zero-order valence-corrected chi connectivity index (χ0v) is 14.9. The Morgan fingerprint density at radius 3 is 2.33 bits per heavy atom. The molecule has 126 valence electrons. The van der Waals surface area contributed by atoms with E-state index in [4.69, 9.17) is 11.6 Å². The van der Waals surface area contributed by atoms with Crippen molar-refractivity contribution in [3.05, 3.63) is 76.8 Å². The van der Waals surface area contributed by atoms with E-state index in [1.54, 1.807) is 4.90 Å². The van der Waals surface area contributed by atoms with Crippen LogP contribution in [-0.2, 0) is 6.54 Å². The highest BCUT2D eigenvalue weighted by Gasteiger charge is 2.20. The molecule has 0 atom stereocenters. The van der Waals surface area contributed by atoms with Gasteiger partial charge in [-0.25, -0.2) is 5.01 Å². The van der Waals surface area contributed by atoms with Crippen LogP contribution >= 0.6 is 11.6 Å². The lowest BCUT2D eigenvalue weighted by molar-refractivity contribution is -0.918. The summed E-state index contributed by atoms with van der Waals surface area (Å²) in [5.74, 6) is 0. The summed E-state index contributed by atoms with van der Waals surface area (Å²) >= 11 is 5.94. The number of nitrogens with one attached hydrogen (secondary N) is 2. The molecule has 0 saturated carbocycles. The summed E-state index contributed by atoms with van der Waals surface area (Å²) in [6.45, 7) is 11.7. The maximum Gasteiger partial charge on any atom is 0.103 e. The molecule has 0 spiro atoms. The fraction of sp³-hybridized carbons (Fsp3) is 0.300. The molecule has 0 aromatic heterocycles. The van der Waals surface area contributed by atoms with Gasteiger partial charge in [-0.15, -0.1) is 0 Å². The lowest BCUT2D eigenvalue weighted by Gasteiger charge is -2.33. The van der Waals surface area contributed by atoms with E-state index in [2.05, 4.69) is 48.2 Å². The Morgan fingerprint density at radius 1 is 1.08 bits per heavy atom. The van der Waals surface area contributed by atoms with Crippen LogP contribution in [0, 0.1) is 6.92 Å². The van der Waals surface area contributed by atoms with Crippen LogP contribution in [0.15, 0.2) is 55.1 Å². The Morgan fingerprint density at radius 2 is 1.71 bits per heavy atom. The van der Waals surface area contributed by atoms with Crippen LogP contribution in [-0.4, -0.2) is 31.2 Å². The number of rotatable bonds is 5. The summed E-state index contributed by atoms with van der Waals surface area (Å²) in [6.07, 6.45) is 0. The molecule has 1 aliphatic heterocycles. The Hall–Kier alpha value is -1.81. The first-order valence-corrected chi connectivity index (χ1v) is 8.83. The molecule has 3 nitrogen and oxygen atoms in total. The molecule has 0 unspecified atom stereocenters. The van der Waals surface area contributed by atoms with Gasteiger partial charge in [0, 0.05) is 16.3 Å². The minimum atomic E-state index is 0.750. The summed E-state index contributed by atoms with van der Waals surface area (Å²) in [5.41, 5.74) is 8.17. The third-order valence-corrected chi connectivity index (χ3v) is 4.78. The minimum absolute atomic E-state index is 0.750. The molecular weight excluding hydrogens is 318 g/mol. The second-order valence-corrected chi connectivity index (χ2v) is 6.93. The zero-order chi connectivity index (χ0) is 16.9. The standard InChI is InChI=1S/C20H24ClN3/c1-16-3-5-18(6-4-16)15-23-11-13-24(14-12-23)22-17(2)19-7-9-20(21)10-8-19/h3-10,22H,2,11-15H2,1H3/p+1. The van der Waals surface area contributed by atoms with Crippen LogP contribution in [0.4, 0.5) is 0 Å². The highest BCUT2D eigenvalue weighted by atomic mass is 35.5. The molecule has 0 bridgehead atoms. The summed E-state index contributed by atoms with van der Waals surface area (Å²) < 4.78 is 0. The van der Waals surface area contributed by atoms with Gasteiger partial charge >= 0.3 is 0 Å². The number of benzene rings is 2. The van der Waals surface area contributed by atoms with Crippen molar-refractivity contribution >= 4 is 17.3 Å². The molecule has 1 heterocycles. The topological polar surface area (TPSA) is 19.7 Å². The highest BCUT2D eigenvalue weighted by Crippen LogP contribution is 2.14. The third-order valence-electron chi connectivity index (χ3n) is 4.53. The Labute approximate surface area is 149 Å². The molecule has 1 fully saturated rings. The number of quaternary nitrogens is 1. The lowest BCUT2D eigenvalue weighted by atomic mass is 10.1. The van der Waals surface area contributed by atoms with E-state index in [1.165, 1.54) is 11.1 Å². The minimum Gasteiger partial charge on any atom is -0.329 e. The molecule has 0 aliphatic carbocycles. The van der Waals surface area contributed by atoms with Crippen LogP contribution in [0.25, 0.3) is 5.70 Å². The normalized spacial score (nSPS) is 16.1. The number of halogens is 1. The predicted molar refractivity (Wildman–Crippen MR) is 101 cm³/mol. The summed E-state index contributed by atoms with van der Waals surface area (Å²) in [5, 5.41) is 3.01. The van der Waals surface area contributed by atoms with Crippen molar-refractivity contribution in [1.82, 2.24) is 10.4 Å². The van der Waals surface area contributed by atoms with Crippen molar-refractivity contribution in [2.75, 3.05) is 26.2 Å². The van der Waals surface area contributed by atoms with Gasteiger partial charge in [-0.2, -0.15) is 0 Å². The maximum atomic E-state index is 5.94. The van der Waals surface area contributed by atoms with Crippen molar-refractivity contribution in [2.45, 2.75) is 13.5 Å². The summed E-state index contributed by atoms with van der Waals surface area (Å²) in [6, 6.07) is 16.7. The summed E-state index contributed by atoms with van der Waals surface area (Å²) in [7, 11) is 0. The number of hydrogen-bond donors (Lipinski definition) is 2. The number of piperazine rings is 1. The van der Waals surface area contributed by atoms with Gasteiger partial charge < -0.3 is 10.3 Å². The number of hydrogen-bond acceptors (Lipinski definition) is 2. The van der Waals surface area contributed by atoms with Crippen LogP contribution in [0.5, 0.6) is 0 Å². The van der Waals surface area contributed by atoms with Gasteiger partial charge in [0.2, 0.25) is 0 Å². The average molecular weight is 343 g/mol. The number of nitrogens with zero attached hydrogens (tertiary/aromatic N) is 1. The van der Waals surface area contributed by atoms with E-state index in [0.717, 1.165) is 49.0 Å². The Bertz CT molecular complexity index is 671. The Balaban J connectivity index is 1.47.